The van der Waals surface area contributed by atoms with Gasteiger partial charge in [0.1, 0.15) is 17.4 Å². The second kappa shape index (κ2) is 6.12. The van der Waals surface area contributed by atoms with Crippen molar-refractivity contribution in [1.29, 1.82) is 0 Å². The smallest absolute Gasteiger partial charge is 0.328 e. The predicted octanol–water partition coefficient (Wildman–Crippen LogP) is 0.844. The molecule has 1 aromatic heterocycles. The minimum absolute atomic E-state index is 0.383. The highest BCUT2D eigenvalue weighted by Crippen LogP contribution is 2.26. The van der Waals surface area contributed by atoms with Gasteiger partial charge in [0.05, 0.1) is 12.6 Å². The molecule has 0 radical (unpaired) electrons. The molecule has 2 N–H and O–H groups in total. The number of aryl methyl sites for hydroxylation is 2. The lowest BCUT2D eigenvalue weighted by atomic mass is 10.1. The molecule has 1 amide bonds. The van der Waals surface area contributed by atoms with Crippen molar-refractivity contribution in [2.75, 3.05) is 7.11 Å². The van der Waals surface area contributed by atoms with Crippen LogP contribution in [0.15, 0.2) is 23.0 Å². The van der Waals surface area contributed by atoms with E-state index in [1.165, 1.54) is 25.6 Å². The zero-order chi connectivity index (χ0) is 17.3. The average molecular weight is 318 g/mol. The van der Waals surface area contributed by atoms with E-state index in [9.17, 15) is 19.5 Å². The number of carbonyl (C=O) groups excluding carboxylic acids is 2. The van der Waals surface area contributed by atoms with Gasteiger partial charge in [-0.2, -0.15) is 0 Å². The molecule has 0 bridgehead atoms. The molecule has 122 valence electrons. The second-order valence-corrected chi connectivity index (χ2v) is 5.33. The molecule has 0 unspecified atom stereocenters. The van der Waals surface area contributed by atoms with E-state index in [-0.39, 0.29) is 0 Å². The Balaban J connectivity index is 2.58. The number of hydrogen-bond donors (Lipinski definition) is 2. The number of amides is 1. The van der Waals surface area contributed by atoms with Crippen LogP contribution >= 0.6 is 0 Å². The summed E-state index contributed by atoms with van der Waals surface area (Å²) >= 11 is 0. The molecule has 7 heteroatoms. The summed E-state index contributed by atoms with van der Waals surface area (Å²) in [4.78, 5) is 36.1. The SMILES string of the molecule is COC(=O)[C@H](C)NC(=O)c1c(O)c2ccc(C)cc2n(C)c1=O. The molecule has 1 atom stereocenters. The van der Waals surface area contributed by atoms with Crippen LogP contribution in [0.5, 0.6) is 5.75 Å². The maximum absolute atomic E-state index is 12.4. The fraction of sp³-hybridized carbons (Fsp3) is 0.312. The number of nitrogens with one attached hydrogen (secondary N) is 1. The van der Waals surface area contributed by atoms with E-state index in [2.05, 4.69) is 10.1 Å². The molecule has 2 aromatic rings. The van der Waals surface area contributed by atoms with Gasteiger partial charge in [0.15, 0.2) is 0 Å². The largest absolute Gasteiger partial charge is 0.506 e. The first-order chi connectivity index (χ1) is 10.8. The first-order valence-corrected chi connectivity index (χ1v) is 6.99. The van der Waals surface area contributed by atoms with Gasteiger partial charge in [-0.3, -0.25) is 9.59 Å². The van der Waals surface area contributed by atoms with E-state index in [0.29, 0.717) is 10.9 Å². The maximum atomic E-state index is 12.4. The minimum atomic E-state index is -0.940. The molecule has 0 saturated heterocycles. The molecule has 0 aliphatic heterocycles. The van der Waals surface area contributed by atoms with E-state index in [0.717, 1.165) is 5.56 Å². The molecule has 1 heterocycles. The molecule has 0 spiro atoms. The van der Waals surface area contributed by atoms with Crippen LogP contribution in [0, 0.1) is 6.92 Å². The van der Waals surface area contributed by atoms with Gasteiger partial charge in [-0.1, -0.05) is 6.07 Å². The number of methoxy groups -OCH3 is 1. The number of fused-ring (bicyclic) bond motifs is 1. The van der Waals surface area contributed by atoms with Gasteiger partial charge in [-0.15, -0.1) is 0 Å². The Kier molecular flexibility index (Phi) is 4.40. The molecule has 7 nitrogen and oxygen atoms in total. The molecule has 2 rings (SSSR count). The summed E-state index contributed by atoms with van der Waals surface area (Å²) in [6.07, 6.45) is 0. The summed E-state index contributed by atoms with van der Waals surface area (Å²) in [6.45, 7) is 3.29. The van der Waals surface area contributed by atoms with Crippen LogP contribution in [0.3, 0.4) is 0 Å². The first-order valence-electron chi connectivity index (χ1n) is 6.99. The molecular weight excluding hydrogens is 300 g/mol. The normalized spacial score (nSPS) is 12.0. The standard InChI is InChI=1S/C16H18N2O5/c1-8-5-6-10-11(7-8)18(3)15(21)12(13(10)19)14(20)17-9(2)16(22)23-4/h5-7,9,19H,1-4H3,(H,17,20)/t9-/m0/s1. The van der Waals surface area contributed by atoms with Crippen LogP contribution in [-0.4, -0.2) is 34.7 Å². The Morgan fingerprint density at radius 3 is 2.61 bits per heavy atom. The van der Waals surface area contributed by atoms with Crippen molar-refractivity contribution in [1.82, 2.24) is 9.88 Å². The number of rotatable bonds is 3. The van der Waals surface area contributed by atoms with E-state index in [1.807, 2.05) is 6.92 Å². The number of esters is 1. The number of ether oxygens (including phenoxy) is 1. The fourth-order valence-electron chi connectivity index (χ4n) is 2.34. The predicted molar refractivity (Wildman–Crippen MR) is 84.5 cm³/mol. The number of benzene rings is 1. The van der Waals surface area contributed by atoms with Crippen LogP contribution in [0.25, 0.3) is 10.9 Å². The minimum Gasteiger partial charge on any atom is -0.506 e. The lowest BCUT2D eigenvalue weighted by Gasteiger charge is -2.14. The summed E-state index contributed by atoms with van der Waals surface area (Å²) in [5, 5.41) is 13.1. The highest BCUT2D eigenvalue weighted by Gasteiger charge is 2.24. The van der Waals surface area contributed by atoms with Crippen LogP contribution < -0.4 is 10.9 Å². The third-order valence-electron chi connectivity index (χ3n) is 3.65. The summed E-state index contributed by atoms with van der Waals surface area (Å²) in [5.41, 5.74) is 0.392. The Morgan fingerprint density at radius 1 is 1.35 bits per heavy atom. The van der Waals surface area contributed by atoms with Gasteiger partial charge in [0.2, 0.25) is 0 Å². The number of carbonyl (C=O) groups is 2. The Bertz CT molecular complexity index is 854. The molecular formula is C16H18N2O5. The number of aromatic nitrogens is 1. The van der Waals surface area contributed by atoms with Crippen LogP contribution in [0.4, 0.5) is 0 Å². The molecule has 0 fully saturated rings. The van der Waals surface area contributed by atoms with Crippen molar-refractivity contribution in [3.05, 3.63) is 39.7 Å². The molecule has 0 aliphatic rings. The topological polar surface area (TPSA) is 97.6 Å². The average Bonchev–Trinajstić information content (AvgIpc) is 2.51. The van der Waals surface area contributed by atoms with Crippen LogP contribution in [-0.2, 0) is 16.6 Å². The van der Waals surface area contributed by atoms with Crippen LogP contribution in [0.2, 0.25) is 0 Å². The Hall–Kier alpha value is -2.83. The molecule has 1 aromatic carbocycles. The van der Waals surface area contributed by atoms with Crippen molar-refractivity contribution in [2.24, 2.45) is 7.05 Å². The van der Waals surface area contributed by atoms with Gasteiger partial charge < -0.3 is 19.7 Å². The fourth-order valence-corrected chi connectivity index (χ4v) is 2.34. The zero-order valence-corrected chi connectivity index (χ0v) is 13.3. The lowest BCUT2D eigenvalue weighted by molar-refractivity contribution is -0.142. The number of aromatic hydroxyl groups is 1. The molecule has 0 aliphatic carbocycles. The summed E-state index contributed by atoms with van der Waals surface area (Å²) in [6, 6.07) is 4.21. The summed E-state index contributed by atoms with van der Waals surface area (Å²) < 4.78 is 5.81. The third-order valence-corrected chi connectivity index (χ3v) is 3.65. The highest BCUT2D eigenvalue weighted by molar-refractivity contribution is 6.03. The number of hydrogen-bond acceptors (Lipinski definition) is 5. The second-order valence-electron chi connectivity index (χ2n) is 5.33. The first kappa shape index (κ1) is 16.5. The van der Waals surface area contributed by atoms with Crippen molar-refractivity contribution in [2.45, 2.75) is 19.9 Å². The summed E-state index contributed by atoms with van der Waals surface area (Å²) in [7, 11) is 2.71. The van der Waals surface area contributed by atoms with Crippen molar-refractivity contribution >= 4 is 22.8 Å². The maximum Gasteiger partial charge on any atom is 0.328 e. The van der Waals surface area contributed by atoms with Gasteiger partial charge in [-0.25, -0.2) is 4.79 Å². The van der Waals surface area contributed by atoms with Crippen LogP contribution in [0.1, 0.15) is 22.8 Å². The van der Waals surface area contributed by atoms with E-state index >= 15 is 0 Å². The number of nitrogens with zero attached hydrogens (tertiary/aromatic N) is 1. The zero-order valence-electron chi connectivity index (χ0n) is 13.3. The Labute approximate surface area is 132 Å². The van der Waals surface area contributed by atoms with E-state index in [1.54, 1.807) is 18.2 Å². The van der Waals surface area contributed by atoms with E-state index < -0.39 is 34.8 Å². The quantitative estimate of drug-likeness (QED) is 0.818. The van der Waals surface area contributed by atoms with Crippen molar-refractivity contribution in [3.8, 4) is 5.75 Å². The number of pyridine rings is 1. The monoisotopic (exact) mass is 318 g/mol. The molecule has 23 heavy (non-hydrogen) atoms. The third kappa shape index (κ3) is 2.90. The van der Waals surface area contributed by atoms with E-state index in [4.69, 9.17) is 0 Å². The van der Waals surface area contributed by atoms with Crippen molar-refractivity contribution < 1.29 is 19.4 Å². The highest BCUT2D eigenvalue weighted by atomic mass is 16.5. The summed E-state index contributed by atoms with van der Waals surface area (Å²) in [5.74, 6) is -1.88. The lowest BCUT2D eigenvalue weighted by Crippen LogP contribution is -2.41. The van der Waals surface area contributed by atoms with Gasteiger partial charge in [-0.05, 0) is 31.5 Å². The molecule has 0 saturated carbocycles. The van der Waals surface area contributed by atoms with Gasteiger partial charge in [0, 0.05) is 12.4 Å². The Morgan fingerprint density at radius 2 is 2.00 bits per heavy atom. The van der Waals surface area contributed by atoms with Gasteiger partial charge in [0.25, 0.3) is 11.5 Å². The van der Waals surface area contributed by atoms with Crippen molar-refractivity contribution in [3.63, 3.8) is 0 Å². The van der Waals surface area contributed by atoms with Gasteiger partial charge >= 0.3 is 5.97 Å².